The second-order valence-corrected chi connectivity index (χ2v) is 3.68. The minimum Gasteiger partial charge on any atom is -0.475 e. The van der Waals surface area contributed by atoms with Gasteiger partial charge in [-0.25, -0.2) is 9.78 Å². The van der Waals surface area contributed by atoms with E-state index in [0.29, 0.717) is 31.8 Å². The third kappa shape index (κ3) is 2.02. The van der Waals surface area contributed by atoms with E-state index in [1.165, 1.54) is 11.2 Å². The van der Waals surface area contributed by atoms with Crippen molar-refractivity contribution in [2.24, 2.45) is 5.29 Å². The van der Waals surface area contributed by atoms with Gasteiger partial charge in [0.1, 0.15) is 0 Å². The summed E-state index contributed by atoms with van der Waals surface area (Å²) in [6.45, 7) is 1.11. The number of hydrogen-bond acceptors (Lipinski definition) is 5. The van der Waals surface area contributed by atoms with E-state index in [1.54, 1.807) is 0 Å². The molecular weight excluding hydrogens is 214 g/mol. The first-order chi connectivity index (χ1) is 7.70. The minimum atomic E-state index is -1.12. The van der Waals surface area contributed by atoms with Gasteiger partial charge in [0.2, 0.25) is 5.76 Å². The molecule has 0 aromatic carbocycles. The SMILES string of the molecule is O=NN1CCC(c2ncc(C(=O)O)o2)CC1. The topological polar surface area (TPSA) is 96.0 Å². The molecule has 0 saturated carbocycles. The third-order valence-electron chi connectivity index (χ3n) is 2.67. The molecule has 7 nitrogen and oxygen atoms in total. The molecule has 0 bridgehead atoms. The van der Waals surface area contributed by atoms with E-state index < -0.39 is 5.97 Å². The van der Waals surface area contributed by atoms with E-state index in [9.17, 15) is 9.70 Å². The Balaban J connectivity index is 2.02. The van der Waals surface area contributed by atoms with E-state index in [2.05, 4.69) is 10.3 Å². The van der Waals surface area contributed by atoms with Crippen molar-refractivity contribution in [3.63, 3.8) is 0 Å². The van der Waals surface area contributed by atoms with Gasteiger partial charge in [-0.05, 0) is 12.8 Å². The highest BCUT2D eigenvalue weighted by molar-refractivity contribution is 5.83. The van der Waals surface area contributed by atoms with Crippen molar-refractivity contribution < 1.29 is 14.3 Å². The molecule has 2 rings (SSSR count). The number of carbonyl (C=O) groups is 1. The Bertz CT molecular complexity index is 395. The largest absolute Gasteiger partial charge is 0.475 e. The molecule has 7 heteroatoms. The predicted octanol–water partition coefficient (Wildman–Crippen LogP) is 1.23. The lowest BCUT2D eigenvalue weighted by Crippen LogP contribution is -2.28. The van der Waals surface area contributed by atoms with Crippen molar-refractivity contribution in [1.82, 2.24) is 9.99 Å². The molecular formula is C9H11N3O4. The van der Waals surface area contributed by atoms with Gasteiger partial charge in [-0.2, -0.15) is 0 Å². The van der Waals surface area contributed by atoms with Crippen molar-refractivity contribution in [3.8, 4) is 0 Å². The van der Waals surface area contributed by atoms with Gasteiger partial charge in [0.05, 0.1) is 11.5 Å². The maximum absolute atomic E-state index is 10.6. The number of piperidine rings is 1. The second kappa shape index (κ2) is 4.30. The predicted molar refractivity (Wildman–Crippen MR) is 52.8 cm³/mol. The second-order valence-electron chi connectivity index (χ2n) is 3.68. The van der Waals surface area contributed by atoms with Crippen molar-refractivity contribution in [2.75, 3.05) is 13.1 Å². The van der Waals surface area contributed by atoms with Crippen LogP contribution >= 0.6 is 0 Å². The van der Waals surface area contributed by atoms with E-state index in [-0.39, 0.29) is 11.7 Å². The number of hydrogen-bond donors (Lipinski definition) is 1. The molecule has 1 fully saturated rings. The van der Waals surface area contributed by atoms with Crippen LogP contribution in [0.25, 0.3) is 0 Å². The Labute approximate surface area is 91.0 Å². The quantitative estimate of drug-likeness (QED) is 0.777. The zero-order valence-electron chi connectivity index (χ0n) is 8.50. The van der Waals surface area contributed by atoms with Crippen molar-refractivity contribution in [1.29, 1.82) is 0 Å². The van der Waals surface area contributed by atoms with Crippen LogP contribution in [0.3, 0.4) is 0 Å². The van der Waals surface area contributed by atoms with Crippen molar-refractivity contribution >= 4 is 5.97 Å². The first kappa shape index (κ1) is 10.6. The summed E-state index contributed by atoms with van der Waals surface area (Å²) in [5.74, 6) is -0.759. The van der Waals surface area contributed by atoms with Crippen LogP contribution < -0.4 is 0 Å². The summed E-state index contributed by atoms with van der Waals surface area (Å²) in [7, 11) is 0. The molecule has 0 amide bonds. The van der Waals surface area contributed by atoms with Crippen molar-refractivity contribution in [2.45, 2.75) is 18.8 Å². The van der Waals surface area contributed by atoms with Gasteiger partial charge in [-0.1, -0.05) is 0 Å². The average Bonchev–Trinajstić information content (AvgIpc) is 2.78. The van der Waals surface area contributed by atoms with Crippen LogP contribution in [0.15, 0.2) is 15.9 Å². The number of aromatic carboxylic acids is 1. The first-order valence-corrected chi connectivity index (χ1v) is 4.98. The van der Waals surface area contributed by atoms with Gasteiger partial charge in [0.25, 0.3) is 0 Å². The van der Waals surface area contributed by atoms with Crippen LogP contribution in [0.1, 0.15) is 35.2 Å². The fourth-order valence-corrected chi connectivity index (χ4v) is 1.77. The smallest absolute Gasteiger partial charge is 0.373 e. The zero-order chi connectivity index (χ0) is 11.5. The lowest BCUT2D eigenvalue weighted by molar-refractivity contribution is 0.0658. The normalized spacial score (nSPS) is 17.4. The Morgan fingerprint density at radius 1 is 1.56 bits per heavy atom. The lowest BCUT2D eigenvalue weighted by atomic mass is 9.98. The molecule has 1 aliphatic rings. The summed E-state index contributed by atoms with van der Waals surface area (Å²) in [6, 6.07) is 0. The standard InChI is InChI=1S/C9H11N3O4/c13-9(14)7-5-10-8(16-7)6-1-3-12(11-15)4-2-6/h5-6H,1-4H2,(H,13,14). The molecule has 1 N–H and O–H groups in total. The van der Waals surface area contributed by atoms with Crippen LogP contribution in [0.2, 0.25) is 0 Å². The number of rotatable bonds is 3. The summed E-state index contributed by atoms with van der Waals surface area (Å²) >= 11 is 0. The number of aromatic nitrogens is 1. The van der Waals surface area contributed by atoms with E-state index in [1.807, 2.05) is 0 Å². The van der Waals surface area contributed by atoms with Gasteiger partial charge in [-0.15, -0.1) is 4.91 Å². The van der Waals surface area contributed by atoms with Gasteiger partial charge in [0, 0.05) is 19.0 Å². The molecule has 1 aromatic rings. The first-order valence-electron chi connectivity index (χ1n) is 4.98. The molecule has 1 saturated heterocycles. The average molecular weight is 225 g/mol. The van der Waals surface area contributed by atoms with E-state index in [0.717, 1.165) is 0 Å². The van der Waals surface area contributed by atoms with Crippen LogP contribution in [-0.2, 0) is 0 Å². The third-order valence-corrected chi connectivity index (χ3v) is 2.67. The fraction of sp³-hybridized carbons (Fsp3) is 0.556. The van der Waals surface area contributed by atoms with Crippen LogP contribution in [0.4, 0.5) is 0 Å². The maximum Gasteiger partial charge on any atom is 0.373 e. The van der Waals surface area contributed by atoms with Crippen molar-refractivity contribution in [3.05, 3.63) is 22.8 Å². The van der Waals surface area contributed by atoms with Gasteiger partial charge in [0.15, 0.2) is 5.89 Å². The Kier molecular flexibility index (Phi) is 2.84. The highest BCUT2D eigenvalue weighted by Crippen LogP contribution is 2.27. The summed E-state index contributed by atoms with van der Waals surface area (Å²) in [6.07, 6.45) is 2.61. The highest BCUT2D eigenvalue weighted by Gasteiger charge is 2.25. The monoisotopic (exact) mass is 225 g/mol. The Morgan fingerprint density at radius 3 is 2.75 bits per heavy atom. The molecule has 0 radical (unpaired) electrons. The molecule has 0 spiro atoms. The van der Waals surface area contributed by atoms with Crippen LogP contribution in [-0.4, -0.2) is 34.2 Å². The lowest BCUT2D eigenvalue weighted by Gasteiger charge is -2.25. The number of oxazole rings is 1. The van der Waals surface area contributed by atoms with Gasteiger partial charge >= 0.3 is 5.97 Å². The Morgan fingerprint density at radius 2 is 2.25 bits per heavy atom. The molecule has 0 aliphatic carbocycles. The minimum absolute atomic E-state index is 0.0751. The summed E-state index contributed by atoms with van der Waals surface area (Å²) < 4.78 is 5.12. The van der Waals surface area contributed by atoms with Crippen LogP contribution in [0, 0.1) is 4.91 Å². The summed E-state index contributed by atoms with van der Waals surface area (Å²) in [4.78, 5) is 24.8. The van der Waals surface area contributed by atoms with Gasteiger partial charge in [-0.3, -0.25) is 5.01 Å². The molecule has 0 unspecified atom stereocenters. The van der Waals surface area contributed by atoms with E-state index >= 15 is 0 Å². The summed E-state index contributed by atoms with van der Waals surface area (Å²) in [5, 5.41) is 13.0. The zero-order valence-corrected chi connectivity index (χ0v) is 8.50. The van der Waals surface area contributed by atoms with Crippen LogP contribution in [0.5, 0.6) is 0 Å². The molecule has 1 aromatic heterocycles. The number of carboxylic acid groups (broad SMARTS) is 1. The number of nitroso groups, excluding NO2 is 1. The number of carboxylic acids is 1. The maximum atomic E-state index is 10.6. The van der Waals surface area contributed by atoms with E-state index in [4.69, 9.17) is 9.52 Å². The highest BCUT2D eigenvalue weighted by atomic mass is 16.4. The molecule has 1 aliphatic heterocycles. The molecule has 0 atom stereocenters. The fourth-order valence-electron chi connectivity index (χ4n) is 1.77. The Hall–Kier alpha value is -1.92. The van der Waals surface area contributed by atoms with Gasteiger partial charge < -0.3 is 9.52 Å². The molecule has 2 heterocycles. The molecule has 86 valence electrons. The summed E-state index contributed by atoms with van der Waals surface area (Å²) in [5.41, 5.74) is 0. The number of nitrogens with zero attached hydrogens (tertiary/aromatic N) is 3. The molecule has 16 heavy (non-hydrogen) atoms.